The summed E-state index contributed by atoms with van der Waals surface area (Å²) in [6.07, 6.45) is 0. The topological polar surface area (TPSA) is 78.4 Å². The summed E-state index contributed by atoms with van der Waals surface area (Å²) < 4.78 is 26.5. The largest absolute Gasteiger partial charge is 0.505 e. The first-order valence-corrected chi connectivity index (χ1v) is 5.44. The number of aryl methyl sites for hydroxylation is 1. The molecule has 0 saturated carbocycles. The number of rotatable bonds is 3. The van der Waals surface area contributed by atoms with Crippen LogP contribution in [0.5, 0.6) is 5.75 Å². The van der Waals surface area contributed by atoms with Crippen LogP contribution in [0, 0.1) is 6.92 Å². The van der Waals surface area contributed by atoms with Crippen LogP contribution in [0.15, 0.2) is 18.2 Å². The van der Waals surface area contributed by atoms with Crippen LogP contribution in [0.2, 0.25) is 0 Å². The number of phenolic OH excluding ortho intramolecular Hbond substituents is 1. The molecule has 1 aromatic rings. The maximum absolute atomic E-state index is 11.1. The van der Waals surface area contributed by atoms with Gasteiger partial charge in [0, 0.05) is 7.05 Å². The van der Waals surface area contributed by atoms with Crippen molar-refractivity contribution in [2.45, 2.75) is 6.92 Å². The molecule has 0 heterocycles. The van der Waals surface area contributed by atoms with Crippen LogP contribution in [0.1, 0.15) is 5.56 Å². The monoisotopic (exact) mass is 216 g/mol. The summed E-state index contributed by atoms with van der Waals surface area (Å²) in [6.45, 7) is 1.69. The Bertz CT molecular complexity index is 428. The average Bonchev–Trinajstić information content (AvgIpc) is 2.13. The molecule has 6 heteroatoms. The quantitative estimate of drug-likeness (QED) is 0.646. The third kappa shape index (κ3) is 2.36. The van der Waals surface area contributed by atoms with Crippen LogP contribution in [-0.4, -0.2) is 20.6 Å². The highest BCUT2D eigenvalue weighted by Crippen LogP contribution is 2.26. The number of phenols is 1. The van der Waals surface area contributed by atoms with Gasteiger partial charge in [-0.15, -0.1) is 0 Å². The van der Waals surface area contributed by atoms with Crippen LogP contribution in [0.25, 0.3) is 0 Å². The van der Waals surface area contributed by atoms with Gasteiger partial charge in [-0.2, -0.15) is 8.42 Å². The molecule has 0 unspecified atom stereocenters. The van der Waals surface area contributed by atoms with E-state index in [-0.39, 0.29) is 11.4 Å². The van der Waals surface area contributed by atoms with Crippen molar-refractivity contribution < 1.29 is 13.5 Å². The number of aromatic hydroxyl groups is 1. The highest BCUT2D eigenvalue weighted by atomic mass is 32.2. The second-order valence-corrected chi connectivity index (χ2v) is 4.40. The van der Waals surface area contributed by atoms with E-state index < -0.39 is 10.2 Å². The average molecular weight is 216 g/mol. The van der Waals surface area contributed by atoms with Gasteiger partial charge in [0.2, 0.25) is 0 Å². The van der Waals surface area contributed by atoms with Crippen molar-refractivity contribution >= 4 is 15.9 Å². The minimum Gasteiger partial charge on any atom is -0.505 e. The Morgan fingerprint density at radius 2 is 2.00 bits per heavy atom. The Kier molecular flexibility index (Phi) is 2.97. The van der Waals surface area contributed by atoms with Crippen LogP contribution in [-0.2, 0) is 10.2 Å². The number of hydrogen-bond acceptors (Lipinski definition) is 3. The molecule has 5 nitrogen and oxygen atoms in total. The Morgan fingerprint density at radius 1 is 1.36 bits per heavy atom. The summed E-state index contributed by atoms with van der Waals surface area (Å²) in [7, 11) is -2.28. The molecule has 3 N–H and O–H groups in total. The zero-order valence-corrected chi connectivity index (χ0v) is 8.72. The predicted molar refractivity (Wildman–Crippen MR) is 54.4 cm³/mol. The molecule has 78 valence electrons. The molecule has 0 bridgehead atoms. The van der Waals surface area contributed by atoms with Crippen LogP contribution in [0.3, 0.4) is 0 Å². The normalized spacial score (nSPS) is 11.3. The third-order valence-electron chi connectivity index (χ3n) is 1.75. The van der Waals surface area contributed by atoms with E-state index in [4.69, 9.17) is 0 Å². The standard InChI is InChI=1S/C8H12N2O3S/c1-6-4-3-5-7(8(6)11)10-14(12,13)9-2/h3-5,9-11H,1-2H3. The van der Waals surface area contributed by atoms with E-state index in [1.807, 2.05) is 0 Å². The van der Waals surface area contributed by atoms with E-state index in [9.17, 15) is 13.5 Å². The Hall–Kier alpha value is -1.27. The maximum atomic E-state index is 11.1. The SMILES string of the molecule is CNS(=O)(=O)Nc1cccc(C)c1O. The number of hydrogen-bond donors (Lipinski definition) is 3. The lowest BCUT2D eigenvalue weighted by Gasteiger charge is -2.09. The Morgan fingerprint density at radius 3 is 2.57 bits per heavy atom. The minimum atomic E-state index is -3.57. The summed E-state index contributed by atoms with van der Waals surface area (Å²) in [5.74, 6) is -0.0636. The van der Waals surface area contributed by atoms with Crippen LogP contribution in [0.4, 0.5) is 5.69 Å². The van der Waals surface area contributed by atoms with Gasteiger partial charge in [0.25, 0.3) is 10.2 Å². The van der Waals surface area contributed by atoms with Crippen molar-refractivity contribution in [3.8, 4) is 5.75 Å². The summed E-state index contributed by atoms with van der Waals surface area (Å²) in [5, 5.41) is 9.50. The van der Waals surface area contributed by atoms with Gasteiger partial charge >= 0.3 is 0 Å². The van der Waals surface area contributed by atoms with Gasteiger partial charge in [-0.3, -0.25) is 4.72 Å². The molecule has 0 aliphatic carbocycles. The van der Waals surface area contributed by atoms with Gasteiger partial charge in [-0.25, -0.2) is 4.72 Å². The van der Waals surface area contributed by atoms with Crippen molar-refractivity contribution in [2.75, 3.05) is 11.8 Å². The minimum absolute atomic E-state index is 0.0636. The van der Waals surface area contributed by atoms with Crippen molar-refractivity contribution in [1.29, 1.82) is 0 Å². The fourth-order valence-corrected chi connectivity index (χ4v) is 1.49. The van der Waals surface area contributed by atoms with Gasteiger partial charge in [0.05, 0.1) is 5.69 Å². The highest BCUT2D eigenvalue weighted by molar-refractivity contribution is 7.90. The van der Waals surface area contributed by atoms with Crippen molar-refractivity contribution in [2.24, 2.45) is 0 Å². The maximum Gasteiger partial charge on any atom is 0.298 e. The first-order valence-electron chi connectivity index (χ1n) is 3.96. The second-order valence-electron chi connectivity index (χ2n) is 2.78. The number of nitrogens with one attached hydrogen (secondary N) is 2. The molecule has 14 heavy (non-hydrogen) atoms. The zero-order chi connectivity index (χ0) is 10.8. The molecule has 0 radical (unpaired) electrons. The second kappa shape index (κ2) is 3.85. The fraction of sp³-hybridized carbons (Fsp3) is 0.250. The molecular weight excluding hydrogens is 204 g/mol. The lowest BCUT2D eigenvalue weighted by atomic mass is 10.2. The number of para-hydroxylation sites is 1. The van der Waals surface area contributed by atoms with Crippen molar-refractivity contribution in [3.63, 3.8) is 0 Å². The molecule has 0 amide bonds. The van der Waals surface area contributed by atoms with E-state index in [1.54, 1.807) is 19.1 Å². The lowest BCUT2D eigenvalue weighted by Crippen LogP contribution is -2.26. The van der Waals surface area contributed by atoms with Gasteiger partial charge in [0.1, 0.15) is 5.75 Å². The summed E-state index contributed by atoms with van der Waals surface area (Å²) in [4.78, 5) is 0. The summed E-state index contributed by atoms with van der Waals surface area (Å²) in [5.41, 5.74) is 0.778. The Labute approximate surface area is 83.0 Å². The molecule has 1 rings (SSSR count). The summed E-state index contributed by atoms with van der Waals surface area (Å²) >= 11 is 0. The molecule has 1 aromatic carbocycles. The van der Waals surface area contributed by atoms with Gasteiger partial charge in [-0.05, 0) is 18.6 Å². The van der Waals surface area contributed by atoms with Crippen LogP contribution >= 0.6 is 0 Å². The molecule has 0 atom stereocenters. The highest BCUT2D eigenvalue weighted by Gasteiger charge is 2.10. The van der Waals surface area contributed by atoms with Gasteiger partial charge < -0.3 is 5.11 Å². The van der Waals surface area contributed by atoms with Gasteiger partial charge in [-0.1, -0.05) is 12.1 Å². The first kappa shape index (κ1) is 10.8. The smallest absolute Gasteiger partial charge is 0.298 e. The van der Waals surface area contributed by atoms with E-state index in [0.717, 1.165) is 0 Å². The molecule has 0 spiro atoms. The molecule has 0 saturated heterocycles. The molecule has 0 fully saturated rings. The molecule has 0 aromatic heterocycles. The van der Waals surface area contributed by atoms with Crippen molar-refractivity contribution in [3.05, 3.63) is 23.8 Å². The third-order valence-corrected chi connectivity index (χ3v) is 2.78. The van der Waals surface area contributed by atoms with Crippen molar-refractivity contribution in [1.82, 2.24) is 4.72 Å². The van der Waals surface area contributed by atoms with Crippen LogP contribution < -0.4 is 9.44 Å². The van der Waals surface area contributed by atoms with E-state index >= 15 is 0 Å². The lowest BCUT2D eigenvalue weighted by molar-refractivity contribution is 0.473. The predicted octanol–water partition coefficient (Wildman–Crippen LogP) is 0.577. The number of anilines is 1. The molecular formula is C8H12N2O3S. The van der Waals surface area contributed by atoms with E-state index in [1.165, 1.54) is 13.1 Å². The fourth-order valence-electron chi connectivity index (χ4n) is 0.937. The first-order chi connectivity index (χ1) is 6.46. The molecule has 0 aliphatic rings. The van der Waals surface area contributed by atoms with E-state index in [2.05, 4.69) is 9.44 Å². The number of benzene rings is 1. The summed E-state index contributed by atoms with van der Waals surface area (Å²) in [6, 6.07) is 4.83. The van der Waals surface area contributed by atoms with E-state index in [0.29, 0.717) is 5.56 Å². The Balaban J connectivity index is 3.05. The molecule has 0 aliphatic heterocycles. The van der Waals surface area contributed by atoms with Gasteiger partial charge in [0.15, 0.2) is 0 Å². The zero-order valence-electron chi connectivity index (χ0n) is 7.90.